The summed E-state index contributed by atoms with van der Waals surface area (Å²) in [6, 6.07) is 6.42. The van der Waals surface area contributed by atoms with Crippen LogP contribution in [0.5, 0.6) is 5.75 Å². The van der Waals surface area contributed by atoms with Crippen LogP contribution in [0.1, 0.15) is 30.9 Å². The first-order chi connectivity index (χ1) is 9.19. The Balaban J connectivity index is 1.91. The molecule has 0 spiro atoms. The first-order valence-electron chi connectivity index (χ1n) is 6.91. The van der Waals surface area contributed by atoms with Gasteiger partial charge in [-0.2, -0.15) is 0 Å². The smallest absolute Gasteiger partial charge is 0.258 e. The number of aryl methyl sites for hydroxylation is 1. The zero-order valence-corrected chi connectivity index (χ0v) is 11.7. The van der Waals surface area contributed by atoms with Crippen molar-refractivity contribution in [1.29, 1.82) is 0 Å². The summed E-state index contributed by atoms with van der Waals surface area (Å²) in [5.41, 5.74) is 2.30. The Morgan fingerprint density at radius 2 is 2.21 bits per heavy atom. The van der Waals surface area contributed by atoms with Gasteiger partial charge in [-0.15, -0.1) is 0 Å². The fourth-order valence-electron chi connectivity index (χ4n) is 1.89. The van der Waals surface area contributed by atoms with Gasteiger partial charge in [-0.3, -0.25) is 4.79 Å². The van der Waals surface area contributed by atoms with Gasteiger partial charge in [0, 0.05) is 18.2 Å². The summed E-state index contributed by atoms with van der Waals surface area (Å²) in [6.45, 7) is 5.89. The Bertz CT molecular complexity index is 442. The van der Waals surface area contributed by atoms with Gasteiger partial charge in [0.2, 0.25) is 0 Å². The first kappa shape index (κ1) is 13.9. The lowest BCUT2D eigenvalue weighted by molar-refractivity contribution is -0.123. The maximum Gasteiger partial charge on any atom is 0.258 e. The standard InChI is InChI=1S/C15H22N2O2/c1-3-16-9-12-8-11(2)4-7-14(12)19-10-15(18)17-13-5-6-13/h4,7-8,13,16H,3,5-6,9-10H2,1-2H3,(H,17,18). The van der Waals surface area contributed by atoms with Gasteiger partial charge in [0.1, 0.15) is 5.75 Å². The normalized spacial score (nSPS) is 14.2. The molecule has 1 aromatic rings. The highest BCUT2D eigenvalue weighted by atomic mass is 16.5. The topological polar surface area (TPSA) is 50.4 Å². The number of hydrogen-bond donors (Lipinski definition) is 2. The van der Waals surface area contributed by atoms with Gasteiger partial charge in [-0.1, -0.05) is 24.6 Å². The van der Waals surface area contributed by atoms with Gasteiger partial charge in [0.05, 0.1) is 0 Å². The summed E-state index contributed by atoms with van der Waals surface area (Å²) in [5.74, 6) is 0.759. The van der Waals surface area contributed by atoms with E-state index in [4.69, 9.17) is 4.74 Å². The molecule has 2 rings (SSSR count). The summed E-state index contributed by atoms with van der Waals surface area (Å²) in [4.78, 5) is 11.6. The summed E-state index contributed by atoms with van der Waals surface area (Å²) in [5, 5.41) is 6.20. The number of carbonyl (C=O) groups is 1. The van der Waals surface area contributed by atoms with E-state index in [1.54, 1.807) is 0 Å². The molecule has 0 heterocycles. The third-order valence-electron chi connectivity index (χ3n) is 3.08. The second kappa shape index (κ2) is 6.57. The number of carbonyl (C=O) groups excluding carboxylic acids is 1. The minimum atomic E-state index is -0.0301. The average molecular weight is 262 g/mol. The molecule has 0 unspecified atom stereocenters. The number of benzene rings is 1. The second-order valence-corrected chi connectivity index (χ2v) is 5.02. The Hall–Kier alpha value is -1.55. The zero-order valence-electron chi connectivity index (χ0n) is 11.7. The molecule has 19 heavy (non-hydrogen) atoms. The number of rotatable bonds is 7. The quantitative estimate of drug-likeness (QED) is 0.787. The maximum atomic E-state index is 11.6. The van der Waals surface area contributed by atoms with Crippen LogP contribution in [0.4, 0.5) is 0 Å². The molecule has 1 amide bonds. The number of hydrogen-bond acceptors (Lipinski definition) is 3. The van der Waals surface area contributed by atoms with Crippen LogP contribution in [0.2, 0.25) is 0 Å². The fourth-order valence-corrected chi connectivity index (χ4v) is 1.89. The van der Waals surface area contributed by atoms with Crippen LogP contribution in [-0.4, -0.2) is 25.1 Å². The van der Waals surface area contributed by atoms with Crippen molar-refractivity contribution in [2.45, 2.75) is 39.3 Å². The monoisotopic (exact) mass is 262 g/mol. The van der Waals surface area contributed by atoms with E-state index in [0.717, 1.165) is 37.2 Å². The van der Waals surface area contributed by atoms with Crippen LogP contribution in [0.3, 0.4) is 0 Å². The molecule has 4 heteroatoms. The molecule has 1 saturated carbocycles. The lowest BCUT2D eigenvalue weighted by Gasteiger charge is -2.12. The molecule has 0 bridgehead atoms. The average Bonchev–Trinajstić information content (AvgIpc) is 3.19. The molecule has 2 N–H and O–H groups in total. The van der Waals surface area contributed by atoms with E-state index in [1.165, 1.54) is 5.56 Å². The van der Waals surface area contributed by atoms with Gasteiger partial charge in [0.25, 0.3) is 5.91 Å². The van der Waals surface area contributed by atoms with Gasteiger partial charge in [0.15, 0.2) is 6.61 Å². The van der Waals surface area contributed by atoms with Crippen molar-refractivity contribution < 1.29 is 9.53 Å². The van der Waals surface area contributed by atoms with Crippen molar-refractivity contribution in [3.8, 4) is 5.75 Å². The van der Waals surface area contributed by atoms with E-state index in [0.29, 0.717) is 6.04 Å². The van der Waals surface area contributed by atoms with Crippen molar-refractivity contribution >= 4 is 5.91 Å². The molecule has 4 nitrogen and oxygen atoms in total. The van der Waals surface area contributed by atoms with Crippen LogP contribution in [0.15, 0.2) is 18.2 Å². The van der Waals surface area contributed by atoms with Crippen LogP contribution in [0, 0.1) is 6.92 Å². The number of nitrogens with one attached hydrogen (secondary N) is 2. The second-order valence-electron chi connectivity index (χ2n) is 5.02. The highest BCUT2D eigenvalue weighted by Gasteiger charge is 2.23. The van der Waals surface area contributed by atoms with Gasteiger partial charge in [-0.25, -0.2) is 0 Å². The van der Waals surface area contributed by atoms with E-state index in [1.807, 2.05) is 12.1 Å². The summed E-state index contributed by atoms with van der Waals surface area (Å²) in [6.07, 6.45) is 2.20. The van der Waals surface area contributed by atoms with Crippen molar-refractivity contribution in [3.63, 3.8) is 0 Å². The number of ether oxygens (including phenoxy) is 1. The van der Waals surface area contributed by atoms with E-state index in [2.05, 4.69) is 30.5 Å². The molecule has 1 aliphatic rings. The van der Waals surface area contributed by atoms with Crippen molar-refractivity contribution in [2.24, 2.45) is 0 Å². The third kappa shape index (κ3) is 4.56. The molecular formula is C15H22N2O2. The van der Waals surface area contributed by atoms with E-state index >= 15 is 0 Å². The van der Waals surface area contributed by atoms with Crippen LogP contribution < -0.4 is 15.4 Å². The first-order valence-corrected chi connectivity index (χ1v) is 6.91. The van der Waals surface area contributed by atoms with Crippen LogP contribution >= 0.6 is 0 Å². The summed E-state index contributed by atoms with van der Waals surface area (Å²) < 4.78 is 5.63. The van der Waals surface area contributed by atoms with Gasteiger partial charge < -0.3 is 15.4 Å². The predicted octanol–water partition coefficient (Wildman–Crippen LogP) is 1.76. The molecule has 1 aliphatic carbocycles. The molecule has 0 radical (unpaired) electrons. The SMILES string of the molecule is CCNCc1cc(C)ccc1OCC(=O)NC1CC1. The minimum absolute atomic E-state index is 0.0301. The van der Waals surface area contributed by atoms with Crippen molar-refractivity contribution in [3.05, 3.63) is 29.3 Å². The maximum absolute atomic E-state index is 11.6. The number of amides is 1. The van der Waals surface area contributed by atoms with Crippen LogP contribution in [-0.2, 0) is 11.3 Å². The Morgan fingerprint density at radius 1 is 1.42 bits per heavy atom. The van der Waals surface area contributed by atoms with E-state index in [-0.39, 0.29) is 12.5 Å². The Morgan fingerprint density at radius 3 is 2.89 bits per heavy atom. The third-order valence-corrected chi connectivity index (χ3v) is 3.08. The van der Waals surface area contributed by atoms with Crippen molar-refractivity contribution in [1.82, 2.24) is 10.6 Å². The molecule has 1 fully saturated rings. The van der Waals surface area contributed by atoms with Crippen LogP contribution in [0.25, 0.3) is 0 Å². The lowest BCUT2D eigenvalue weighted by Crippen LogP contribution is -2.30. The Labute approximate surface area is 114 Å². The Kier molecular flexibility index (Phi) is 4.80. The van der Waals surface area contributed by atoms with Gasteiger partial charge >= 0.3 is 0 Å². The van der Waals surface area contributed by atoms with E-state index < -0.39 is 0 Å². The summed E-state index contributed by atoms with van der Waals surface area (Å²) in [7, 11) is 0. The highest BCUT2D eigenvalue weighted by Crippen LogP contribution is 2.21. The molecule has 0 aromatic heterocycles. The molecule has 0 atom stereocenters. The van der Waals surface area contributed by atoms with Gasteiger partial charge in [-0.05, 0) is 32.4 Å². The molecule has 1 aromatic carbocycles. The summed E-state index contributed by atoms with van der Waals surface area (Å²) >= 11 is 0. The molecule has 0 aliphatic heterocycles. The highest BCUT2D eigenvalue weighted by molar-refractivity contribution is 5.78. The fraction of sp³-hybridized carbons (Fsp3) is 0.533. The lowest BCUT2D eigenvalue weighted by atomic mass is 10.1. The zero-order chi connectivity index (χ0) is 13.7. The minimum Gasteiger partial charge on any atom is -0.483 e. The largest absolute Gasteiger partial charge is 0.483 e. The molecule has 104 valence electrons. The van der Waals surface area contributed by atoms with Crippen molar-refractivity contribution in [2.75, 3.05) is 13.2 Å². The molecular weight excluding hydrogens is 240 g/mol. The predicted molar refractivity (Wildman–Crippen MR) is 75.2 cm³/mol. The molecule has 0 saturated heterocycles. The van der Waals surface area contributed by atoms with E-state index in [9.17, 15) is 4.79 Å².